The predicted molar refractivity (Wildman–Crippen MR) is 130 cm³/mol. The second-order valence-electron chi connectivity index (χ2n) is 8.70. The maximum atomic E-state index is 13.3. The Labute approximate surface area is 216 Å². The van der Waals surface area contributed by atoms with Gasteiger partial charge in [-0.3, -0.25) is 4.79 Å². The van der Waals surface area contributed by atoms with E-state index in [4.69, 9.17) is 14.6 Å². The zero-order valence-electron chi connectivity index (χ0n) is 20.3. The fourth-order valence-corrected chi connectivity index (χ4v) is 3.91. The predicted octanol–water partition coefficient (Wildman–Crippen LogP) is 4.59. The summed E-state index contributed by atoms with van der Waals surface area (Å²) >= 11 is 0. The molecule has 3 N–H and O–H groups in total. The molecule has 0 unspecified atom stereocenters. The molecular formula is C26H25F3N4O5. The number of amides is 2. The Balaban J connectivity index is 1.45. The number of hydrogen-bond donors (Lipinski definition) is 3. The fourth-order valence-electron chi connectivity index (χ4n) is 3.91. The van der Waals surface area contributed by atoms with Gasteiger partial charge in [0.2, 0.25) is 0 Å². The lowest BCUT2D eigenvalue weighted by Crippen LogP contribution is -2.27. The summed E-state index contributed by atoms with van der Waals surface area (Å²) in [5, 5.41) is 13.9. The van der Waals surface area contributed by atoms with Crippen LogP contribution in [-0.4, -0.2) is 46.4 Å². The Bertz CT molecular complexity index is 1280. The van der Waals surface area contributed by atoms with Crippen molar-refractivity contribution >= 4 is 12.0 Å². The van der Waals surface area contributed by atoms with E-state index in [0.717, 1.165) is 18.6 Å². The number of carbonyl (C=O) groups is 2. The second kappa shape index (κ2) is 11.5. The van der Waals surface area contributed by atoms with Crippen molar-refractivity contribution in [3.05, 3.63) is 77.1 Å². The molecule has 2 heterocycles. The first-order chi connectivity index (χ1) is 18.1. The summed E-state index contributed by atoms with van der Waals surface area (Å²) in [6.45, 7) is 2.69. The van der Waals surface area contributed by atoms with Crippen LogP contribution in [0.1, 0.15) is 46.4 Å². The lowest BCUT2D eigenvalue weighted by molar-refractivity contribution is -0.137. The number of aromatic nitrogens is 2. The molecule has 9 nitrogen and oxygen atoms in total. The van der Waals surface area contributed by atoms with Crippen molar-refractivity contribution in [2.45, 2.75) is 38.2 Å². The normalized spacial score (nSPS) is 16.1. The molecule has 12 heteroatoms. The summed E-state index contributed by atoms with van der Waals surface area (Å²) in [7, 11) is 0. The maximum absolute atomic E-state index is 13.3. The van der Waals surface area contributed by atoms with Crippen LogP contribution in [0.15, 0.2) is 54.9 Å². The van der Waals surface area contributed by atoms with Gasteiger partial charge in [0.25, 0.3) is 5.91 Å². The highest BCUT2D eigenvalue weighted by atomic mass is 19.4. The van der Waals surface area contributed by atoms with E-state index in [1.807, 2.05) is 0 Å². The average molecular weight is 531 g/mol. The van der Waals surface area contributed by atoms with Gasteiger partial charge >= 0.3 is 18.3 Å². The Hall–Kier alpha value is -4.19. The number of carbonyl (C=O) groups excluding carboxylic acids is 1. The van der Waals surface area contributed by atoms with Crippen LogP contribution in [0.25, 0.3) is 11.1 Å². The van der Waals surface area contributed by atoms with Crippen LogP contribution in [0, 0.1) is 0 Å². The van der Waals surface area contributed by atoms with Crippen LogP contribution >= 0.6 is 0 Å². The van der Waals surface area contributed by atoms with Crippen molar-refractivity contribution in [3.8, 4) is 17.1 Å². The first kappa shape index (κ1) is 26.9. The van der Waals surface area contributed by atoms with Crippen LogP contribution in [0.5, 0.6) is 6.01 Å². The topological polar surface area (TPSA) is 123 Å². The molecule has 0 aliphatic carbocycles. The molecule has 0 saturated carbocycles. The van der Waals surface area contributed by atoms with Gasteiger partial charge in [-0.1, -0.05) is 30.3 Å². The molecule has 2 aromatic carbocycles. The minimum Gasteiger partial charge on any atom is -0.465 e. The molecule has 1 aromatic heterocycles. The molecule has 1 aliphatic rings. The monoisotopic (exact) mass is 530 g/mol. The van der Waals surface area contributed by atoms with Gasteiger partial charge < -0.3 is 25.2 Å². The van der Waals surface area contributed by atoms with Gasteiger partial charge in [-0.25, -0.2) is 14.8 Å². The summed E-state index contributed by atoms with van der Waals surface area (Å²) in [5.41, 5.74) is 1.22. The number of halogens is 3. The number of hydrogen-bond acceptors (Lipinski definition) is 6. The fraction of sp³-hybridized carbons (Fsp3) is 0.308. The SMILES string of the molecule is C[C@@H](NC(=O)c1cnc(O[C@H]2CCOC2)nc1)c1ccc(-c2cc(C(F)(F)F)ccc2CNC(=O)O)cc1. The van der Waals surface area contributed by atoms with Crippen LogP contribution in [0.3, 0.4) is 0 Å². The molecule has 3 aromatic rings. The van der Waals surface area contributed by atoms with Crippen molar-refractivity contribution in [1.29, 1.82) is 0 Å². The molecule has 1 fully saturated rings. The largest absolute Gasteiger partial charge is 0.465 e. The Morgan fingerprint density at radius 2 is 1.87 bits per heavy atom. The third kappa shape index (κ3) is 6.76. The summed E-state index contributed by atoms with van der Waals surface area (Å²) in [6, 6.07) is 9.51. The zero-order valence-corrected chi connectivity index (χ0v) is 20.3. The Kier molecular flexibility index (Phi) is 8.10. The maximum Gasteiger partial charge on any atom is 0.416 e. The van der Waals surface area contributed by atoms with E-state index in [0.29, 0.717) is 29.9 Å². The molecule has 200 valence electrons. The molecule has 4 rings (SSSR count). The molecule has 38 heavy (non-hydrogen) atoms. The van der Waals surface area contributed by atoms with E-state index >= 15 is 0 Å². The van der Waals surface area contributed by atoms with E-state index in [2.05, 4.69) is 20.6 Å². The van der Waals surface area contributed by atoms with E-state index in [-0.39, 0.29) is 29.8 Å². The molecule has 2 amide bonds. The van der Waals surface area contributed by atoms with Crippen LogP contribution in [0.4, 0.5) is 18.0 Å². The van der Waals surface area contributed by atoms with Gasteiger partial charge in [0.05, 0.1) is 30.4 Å². The van der Waals surface area contributed by atoms with Gasteiger partial charge in [-0.15, -0.1) is 0 Å². The molecular weight excluding hydrogens is 505 g/mol. The summed E-state index contributed by atoms with van der Waals surface area (Å²) in [5.74, 6) is -0.405. The molecule has 1 saturated heterocycles. The van der Waals surface area contributed by atoms with Crippen molar-refractivity contribution in [3.63, 3.8) is 0 Å². The first-order valence-corrected chi connectivity index (χ1v) is 11.7. The highest BCUT2D eigenvalue weighted by molar-refractivity contribution is 5.93. The van der Waals surface area contributed by atoms with Crippen LogP contribution < -0.4 is 15.4 Å². The van der Waals surface area contributed by atoms with Crippen molar-refractivity contribution in [2.24, 2.45) is 0 Å². The van der Waals surface area contributed by atoms with E-state index in [1.165, 1.54) is 18.5 Å². The third-order valence-corrected chi connectivity index (χ3v) is 5.99. The van der Waals surface area contributed by atoms with Gasteiger partial charge in [0.15, 0.2) is 0 Å². The number of nitrogens with one attached hydrogen (secondary N) is 2. The molecule has 0 spiro atoms. The average Bonchev–Trinajstić information content (AvgIpc) is 3.40. The third-order valence-electron chi connectivity index (χ3n) is 5.99. The smallest absolute Gasteiger partial charge is 0.416 e. The lowest BCUT2D eigenvalue weighted by atomic mass is 9.95. The summed E-state index contributed by atoms with van der Waals surface area (Å²) in [6.07, 6.45) is -2.47. The number of ether oxygens (including phenoxy) is 2. The number of carboxylic acid groups (broad SMARTS) is 1. The highest BCUT2D eigenvalue weighted by Gasteiger charge is 2.31. The van der Waals surface area contributed by atoms with Crippen molar-refractivity contribution < 1.29 is 37.3 Å². The summed E-state index contributed by atoms with van der Waals surface area (Å²) in [4.78, 5) is 31.7. The number of alkyl halides is 3. The van der Waals surface area contributed by atoms with Crippen LogP contribution in [0.2, 0.25) is 0 Å². The van der Waals surface area contributed by atoms with Crippen LogP contribution in [-0.2, 0) is 17.5 Å². The molecule has 0 radical (unpaired) electrons. The van der Waals surface area contributed by atoms with Gasteiger partial charge in [0, 0.05) is 25.4 Å². The lowest BCUT2D eigenvalue weighted by Gasteiger charge is -2.17. The number of rotatable bonds is 8. The van der Waals surface area contributed by atoms with E-state index in [1.54, 1.807) is 31.2 Å². The quantitative estimate of drug-likeness (QED) is 0.389. The second-order valence-corrected chi connectivity index (χ2v) is 8.70. The molecule has 2 atom stereocenters. The molecule has 1 aliphatic heterocycles. The van der Waals surface area contributed by atoms with Crippen molar-refractivity contribution in [2.75, 3.05) is 13.2 Å². The first-order valence-electron chi connectivity index (χ1n) is 11.7. The van der Waals surface area contributed by atoms with Gasteiger partial charge in [0.1, 0.15) is 6.10 Å². The Morgan fingerprint density at radius 1 is 1.16 bits per heavy atom. The van der Waals surface area contributed by atoms with Gasteiger partial charge in [-0.05, 0) is 41.3 Å². The highest BCUT2D eigenvalue weighted by Crippen LogP contribution is 2.34. The summed E-state index contributed by atoms with van der Waals surface area (Å²) < 4.78 is 50.7. The van der Waals surface area contributed by atoms with Crippen molar-refractivity contribution in [1.82, 2.24) is 20.6 Å². The van der Waals surface area contributed by atoms with E-state index in [9.17, 15) is 22.8 Å². The van der Waals surface area contributed by atoms with E-state index < -0.39 is 29.8 Å². The molecule has 0 bridgehead atoms. The minimum absolute atomic E-state index is 0.113. The number of benzene rings is 2. The van der Waals surface area contributed by atoms with Gasteiger partial charge in [-0.2, -0.15) is 13.2 Å². The standard InChI is InChI=1S/C26H25F3N4O5/c1-15(33-23(34)19-12-30-24(31-13-19)38-21-8-9-37-14-21)16-2-4-17(5-3-16)22-10-20(26(27,28)29)7-6-18(22)11-32-25(35)36/h2-7,10,12-13,15,21,32H,8-9,11,14H2,1H3,(H,33,34)(H,35,36)/t15-,21+/m1/s1. The Morgan fingerprint density at radius 3 is 2.47 bits per heavy atom. The minimum atomic E-state index is -4.55. The number of nitrogens with zero attached hydrogens (tertiary/aromatic N) is 2. The zero-order chi connectivity index (χ0) is 27.3.